The van der Waals surface area contributed by atoms with Crippen LogP contribution in [-0.4, -0.2) is 24.2 Å². The zero-order chi connectivity index (χ0) is 13.5. The molecule has 1 fully saturated rings. The largest absolute Gasteiger partial charge is 0.490 e. The Morgan fingerprint density at radius 1 is 1.42 bits per heavy atom. The van der Waals surface area contributed by atoms with Gasteiger partial charge in [-0.3, -0.25) is 0 Å². The van der Waals surface area contributed by atoms with Crippen LogP contribution in [0.15, 0.2) is 18.3 Å². The fourth-order valence-corrected chi connectivity index (χ4v) is 2.85. The van der Waals surface area contributed by atoms with Crippen LogP contribution in [0.1, 0.15) is 39.0 Å². The lowest BCUT2D eigenvalue weighted by molar-refractivity contribution is 0.316. The molecule has 1 aliphatic carbocycles. The van der Waals surface area contributed by atoms with E-state index in [4.69, 9.17) is 10.5 Å². The van der Waals surface area contributed by atoms with Gasteiger partial charge in [0.1, 0.15) is 0 Å². The molecule has 1 atom stereocenters. The second-order valence-corrected chi connectivity index (χ2v) is 5.17. The second kappa shape index (κ2) is 7.34. The van der Waals surface area contributed by atoms with Crippen LogP contribution in [0.3, 0.4) is 0 Å². The molecule has 19 heavy (non-hydrogen) atoms. The number of anilines is 1. The van der Waals surface area contributed by atoms with Gasteiger partial charge in [-0.1, -0.05) is 19.3 Å². The Labute approximate surface area is 115 Å². The molecule has 1 heterocycles. The van der Waals surface area contributed by atoms with E-state index < -0.39 is 0 Å². The van der Waals surface area contributed by atoms with Gasteiger partial charge < -0.3 is 15.8 Å². The van der Waals surface area contributed by atoms with Crippen molar-refractivity contribution in [3.63, 3.8) is 0 Å². The Kier molecular flexibility index (Phi) is 5.45. The summed E-state index contributed by atoms with van der Waals surface area (Å²) in [6.07, 6.45) is 8.34. The van der Waals surface area contributed by atoms with Gasteiger partial charge in [-0.05, 0) is 37.8 Å². The number of nitrogens with zero attached hydrogens (tertiary/aromatic N) is 1. The van der Waals surface area contributed by atoms with Crippen LogP contribution in [0.5, 0.6) is 5.75 Å². The Bertz CT molecular complexity index is 377. The van der Waals surface area contributed by atoms with Crippen molar-refractivity contribution in [3.8, 4) is 5.75 Å². The Morgan fingerprint density at radius 3 is 2.89 bits per heavy atom. The lowest BCUT2D eigenvalue weighted by Crippen LogP contribution is -2.37. The van der Waals surface area contributed by atoms with Gasteiger partial charge in [0.2, 0.25) is 0 Å². The van der Waals surface area contributed by atoms with Crippen LogP contribution in [-0.2, 0) is 0 Å². The molecule has 2 rings (SSSR count). The van der Waals surface area contributed by atoms with Crippen LogP contribution >= 0.6 is 0 Å². The van der Waals surface area contributed by atoms with Crippen molar-refractivity contribution in [2.24, 2.45) is 11.7 Å². The lowest BCUT2D eigenvalue weighted by Gasteiger charge is -2.30. The molecule has 3 N–H and O–H groups in total. The highest BCUT2D eigenvalue weighted by atomic mass is 16.5. The fourth-order valence-electron chi connectivity index (χ4n) is 2.85. The molecule has 1 unspecified atom stereocenters. The molecule has 0 aromatic carbocycles. The minimum absolute atomic E-state index is 0.300. The van der Waals surface area contributed by atoms with Gasteiger partial charge in [0.25, 0.3) is 0 Å². The molecule has 4 nitrogen and oxygen atoms in total. The van der Waals surface area contributed by atoms with Crippen LogP contribution in [0, 0.1) is 5.92 Å². The molecule has 1 aliphatic rings. The number of pyridine rings is 1. The molecule has 0 radical (unpaired) electrons. The predicted molar refractivity (Wildman–Crippen MR) is 78.4 cm³/mol. The summed E-state index contributed by atoms with van der Waals surface area (Å²) in [5, 5.41) is 3.49. The van der Waals surface area contributed by atoms with E-state index in [0.717, 1.165) is 11.6 Å². The van der Waals surface area contributed by atoms with Gasteiger partial charge in [0, 0.05) is 18.8 Å². The number of aromatic nitrogens is 1. The normalized spacial score (nSPS) is 18.0. The number of nitrogens with one attached hydrogen (secondary N) is 1. The third-order valence-electron chi connectivity index (χ3n) is 3.87. The highest BCUT2D eigenvalue weighted by Gasteiger charge is 2.23. The Balaban J connectivity index is 2.04. The van der Waals surface area contributed by atoms with Gasteiger partial charge in [-0.25, -0.2) is 4.98 Å². The van der Waals surface area contributed by atoms with Crippen molar-refractivity contribution in [2.75, 3.05) is 18.5 Å². The van der Waals surface area contributed by atoms with Gasteiger partial charge >= 0.3 is 0 Å². The molecule has 0 aliphatic heterocycles. The molecule has 1 aromatic rings. The summed E-state index contributed by atoms with van der Waals surface area (Å²) in [6, 6.07) is 4.15. The van der Waals surface area contributed by atoms with E-state index in [1.165, 1.54) is 32.1 Å². The molecule has 1 aromatic heterocycles. The first kappa shape index (κ1) is 14.1. The van der Waals surface area contributed by atoms with Crippen molar-refractivity contribution in [1.82, 2.24) is 4.98 Å². The van der Waals surface area contributed by atoms with Gasteiger partial charge in [0.05, 0.1) is 6.61 Å². The molecular weight excluding hydrogens is 238 g/mol. The zero-order valence-electron chi connectivity index (χ0n) is 11.8. The van der Waals surface area contributed by atoms with E-state index in [2.05, 4.69) is 10.3 Å². The van der Waals surface area contributed by atoms with Crippen LogP contribution < -0.4 is 15.8 Å². The first-order chi connectivity index (χ1) is 9.35. The smallest absolute Gasteiger partial charge is 0.169 e. The van der Waals surface area contributed by atoms with Crippen molar-refractivity contribution < 1.29 is 4.74 Å². The SMILES string of the molecule is CCOc1cccnc1NC(CN)C1CCCCC1. The lowest BCUT2D eigenvalue weighted by atomic mass is 9.84. The highest BCUT2D eigenvalue weighted by molar-refractivity contribution is 5.50. The van der Waals surface area contributed by atoms with E-state index in [0.29, 0.717) is 25.1 Å². The maximum absolute atomic E-state index is 5.94. The highest BCUT2D eigenvalue weighted by Crippen LogP contribution is 2.29. The molecule has 0 saturated heterocycles. The summed E-state index contributed by atoms with van der Waals surface area (Å²) in [6.45, 7) is 3.28. The van der Waals surface area contributed by atoms with Crippen molar-refractivity contribution >= 4 is 5.82 Å². The molecule has 0 amide bonds. The van der Waals surface area contributed by atoms with Gasteiger partial charge in [-0.15, -0.1) is 0 Å². The Hall–Kier alpha value is -1.29. The first-order valence-corrected chi connectivity index (χ1v) is 7.39. The number of ether oxygens (including phenoxy) is 1. The summed E-state index contributed by atoms with van der Waals surface area (Å²) in [5.41, 5.74) is 5.94. The number of nitrogens with two attached hydrogens (primary N) is 1. The van der Waals surface area contributed by atoms with Crippen molar-refractivity contribution in [2.45, 2.75) is 45.1 Å². The summed E-state index contributed by atoms with van der Waals surface area (Å²) in [7, 11) is 0. The number of hydrogen-bond acceptors (Lipinski definition) is 4. The molecule has 4 heteroatoms. The van der Waals surface area contributed by atoms with E-state index in [1.807, 2.05) is 19.1 Å². The number of hydrogen-bond donors (Lipinski definition) is 2. The topological polar surface area (TPSA) is 60.2 Å². The van der Waals surface area contributed by atoms with Gasteiger partial charge in [-0.2, -0.15) is 0 Å². The number of rotatable bonds is 6. The summed E-state index contributed by atoms with van der Waals surface area (Å²) in [5.74, 6) is 2.31. The standard InChI is InChI=1S/C15H25N3O/c1-2-19-14-9-6-10-17-15(14)18-13(11-16)12-7-4-3-5-8-12/h6,9-10,12-13H,2-5,7-8,11,16H2,1H3,(H,17,18). The third-order valence-corrected chi connectivity index (χ3v) is 3.87. The minimum Gasteiger partial charge on any atom is -0.490 e. The van der Waals surface area contributed by atoms with E-state index >= 15 is 0 Å². The average Bonchev–Trinajstić information content (AvgIpc) is 2.47. The van der Waals surface area contributed by atoms with Crippen LogP contribution in [0.25, 0.3) is 0 Å². The summed E-state index contributed by atoms with van der Waals surface area (Å²) >= 11 is 0. The second-order valence-electron chi connectivity index (χ2n) is 5.17. The predicted octanol–water partition coefficient (Wildman–Crippen LogP) is 2.80. The van der Waals surface area contributed by atoms with E-state index in [-0.39, 0.29) is 0 Å². The van der Waals surface area contributed by atoms with Gasteiger partial charge in [0.15, 0.2) is 11.6 Å². The van der Waals surface area contributed by atoms with E-state index in [1.54, 1.807) is 6.20 Å². The maximum Gasteiger partial charge on any atom is 0.169 e. The summed E-state index contributed by atoms with van der Waals surface area (Å²) < 4.78 is 5.60. The molecular formula is C15H25N3O. The average molecular weight is 263 g/mol. The third kappa shape index (κ3) is 3.83. The van der Waals surface area contributed by atoms with Crippen molar-refractivity contribution in [1.29, 1.82) is 0 Å². The molecule has 0 bridgehead atoms. The maximum atomic E-state index is 5.94. The van der Waals surface area contributed by atoms with E-state index in [9.17, 15) is 0 Å². The minimum atomic E-state index is 0.300. The van der Waals surface area contributed by atoms with Crippen LogP contribution in [0.4, 0.5) is 5.82 Å². The Morgan fingerprint density at radius 2 is 2.21 bits per heavy atom. The molecule has 106 valence electrons. The first-order valence-electron chi connectivity index (χ1n) is 7.39. The fraction of sp³-hybridized carbons (Fsp3) is 0.667. The quantitative estimate of drug-likeness (QED) is 0.828. The zero-order valence-corrected chi connectivity index (χ0v) is 11.8. The van der Waals surface area contributed by atoms with Crippen LogP contribution in [0.2, 0.25) is 0 Å². The van der Waals surface area contributed by atoms with Crippen molar-refractivity contribution in [3.05, 3.63) is 18.3 Å². The summed E-state index contributed by atoms with van der Waals surface area (Å²) in [4.78, 5) is 4.39. The monoisotopic (exact) mass is 263 g/mol. The molecule has 1 saturated carbocycles. The molecule has 0 spiro atoms.